The topological polar surface area (TPSA) is 66.8 Å². The molecule has 1 aromatic heterocycles. The van der Waals surface area contributed by atoms with Crippen molar-refractivity contribution in [1.29, 1.82) is 0 Å². The molecule has 1 spiro atoms. The Hall–Kier alpha value is -2.25. The molecule has 0 aliphatic carbocycles. The third kappa shape index (κ3) is 2.54. The Balaban J connectivity index is 1.49. The number of imidazole rings is 1. The summed E-state index contributed by atoms with van der Waals surface area (Å²) in [6, 6.07) is 4.10. The summed E-state index contributed by atoms with van der Waals surface area (Å²) in [5, 5.41) is 3.42. The van der Waals surface area contributed by atoms with Crippen molar-refractivity contribution < 1.29 is 18.9 Å². The van der Waals surface area contributed by atoms with Crippen molar-refractivity contribution in [3.05, 3.63) is 24.5 Å². The van der Waals surface area contributed by atoms with Gasteiger partial charge in [-0.1, -0.05) is 0 Å². The lowest BCUT2D eigenvalue weighted by Crippen LogP contribution is -2.41. The van der Waals surface area contributed by atoms with Gasteiger partial charge in [-0.05, 0) is 38.4 Å². The van der Waals surface area contributed by atoms with Crippen LogP contribution in [0.15, 0.2) is 24.5 Å². The number of nitrogens with zero attached hydrogens (tertiary/aromatic N) is 2. The first-order valence-electron chi connectivity index (χ1n) is 9.13. The molecule has 26 heavy (non-hydrogen) atoms. The van der Waals surface area contributed by atoms with E-state index in [1.807, 2.05) is 24.5 Å². The number of hydrogen-bond donors (Lipinski definition) is 1. The Morgan fingerprint density at radius 1 is 1.23 bits per heavy atom. The van der Waals surface area contributed by atoms with Gasteiger partial charge in [0.15, 0.2) is 11.5 Å². The van der Waals surface area contributed by atoms with Crippen molar-refractivity contribution in [1.82, 2.24) is 14.9 Å². The summed E-state index contributed by atoms with van der Waals surface area (Å²) in [5.74, 6) is 3.05. The van der Waals surface area contributed by atoms with Gasteiger partial charge in [0.2, 0.25) is 6.79 Å². The third-order valence-electron chi connectivity index (χ3n) is 5.70. The summed E-state index contributed by atoms with van der Waals surface area (Å²) < 4.78 is 25.1. The van der Waals surface area contributed by atoms with E-state index < -0.39 is 0 Å². The number of ether oxygens (including phenoxy) is 4. The summed E-state index contributed by atoms with van der Waals surface area (Å²) in [5.41, 5.74) is 0.921. The average molecular weight is 357 g/mol. The van der Waals surface area contributed by atoms with Crippen LogP contribution in [-0.4, -0.2) is 48.8 Å². The highest BCUT2D eigenvalue weighted by Gasteiger charge is 2.42. The second kappa shape index (κ2) is 6.17. The fraction of sp³-hybridized carbons (Fsp3) is 0.526. The predicted molar refractivity (Wildman–Crippen MR) is 94.8 cm³/mol. The van der Waals surface area contributed by atoms with Gasteiger partial charge in [-0.15, -0.1) is 0 Å². The van der Waals surface area contributed by atoms with E-state index in [9.17, 15) is 0 Å². The molecular formula is C19H23N3O4. The van der Waals surface area contributed by atoms with E-state index in [-0.39, 0.29) is 18.4 Å². The van der Waals surface area contributed by atoms with E-state index >= 15 is 0 Å². The number of fused-ring (bicyclic) bond motifs is 1. The van der Waals surface area contributed by atoms with Crippen LogP contribution in [0.4, 0.5) is 0 Å². The smallest absolute Gasteiger partial charge is 0.231 e. The van der Waals surface area contributed by atoms with Crippen LogP contribution in [0.3, 0.4) is 0 Å². The van der Waals surface area contributed by atoms with Crippen LogP contribution < -0.4 is 19.5 Å². The molecular weight excluding hydrogens is 334 g/mol. The molecule has 0 radical (unpaired) electrons. The number of methoxy groups -OCH3 is 1. The lowest BCUT2D eigenvalue weighted by molar-refractivity contribution is -0.0196. The zero-order chi connectivity index (χ0) is 17.6. The highest BCUT2D eigenvalue weighted by atomic mass is 16.7. The van der Waals surface area contributed by atoms with E-state index in [0.29, 0.717) is 5.75 Å². The molecule has 1 N–H and O–H groups in total. The largest absolute Gasteiger partial charge is 0.496 e. The molecule has 2 saturated heterocycles. The fourth-order valence-electron chi connectivity index (χ4n) is 4.31. The highest BCUT2D eigenvalue weighted by molar-refractivity contribution is 5.70. The van der Waals surface area contributed by atoms with Crippen molar-refractivity contribution in [2.24, 2.45) is 0 Å². The van der Waals surface area contributed by atoms with Gasteiger partial charge in [-0.25, -0.2) is 4.98 Å². The van der Waals surface area contributed by atoms with E-state index in [2.05, 4.69) is 14.9 Å². The fourth-order valence-corrected chi connectivity index (χ4v) is 4.31. The van der Waals surface area contributed by atoms with Crippen LogP contribution in [0.25, 0.3) is 11.4 Å². The van der Waals surface area contributed by atoms with Crippen molar-refractivity contribution >= 4 is 0 Å². The Bertz CT molecular complexity index is 813. The van der Waals surface area contributed by atoms with Gasteiger partial charge in [0.1, 0.15) is 11.6 Å². The van der Waals surface area contributed by atoms with Gasteiger partial charge >= 0.3 is 0 Å². The van der Waals surface area contributed by atoms with Crippen LogP contribution in [0, 0.1) is 0 Å². The van der Waals surface area contributed by atoms with Gasteiger partial charge in [-0.3, -0.25) is 0 Å². The van der Waals surface area contributed by atoms with Crippen LogP contribution in [0.1, 0.15) is 25.3 Å². The van der Waals surface area contributed by atoms with Gasteiger partial charge in [0.05, 0.1) is 30.9 Å². The zero-order valence-corrected chi connectivity index (χ0v) is 14.9. The molecule has 4 heterocycles. The minimum atomic E-state index is 0.0103. The molecule has 3 aliphatic rings. The molecule has 0 amide bonds. The minimum Gasteiger partial charge on any atom is -0.496 e. The maximum Gasteiger partial charge on any atom is 0.231 e. The normalized spacial score (nSPS) is 23.5. The molecule has 0 bridgehead atoms. The van der Waals surface area contributed by atoms with Gasteiger partial charge in [-0.2, -0.15) is 0 Å². The second-order valence-corrected chi connectivity index (χ2v) is 7.17. The first-order chi connectivity index (χ1) is 12.8. The van der Waals surface area contributed by atoms with Crippen LogP contribution in [0.2, 0.25) is 0 Å². The number of benzene rings is 1. The standard InChI is InChI=1S/C19H23N3O4/c1-23-15-9-17-16(24-12-25-17)8-14(15)18-21-6-7-22(18)13-10-19(26-11-13)2-4-20-5-3-19/h6-9,13,20H,2-5,10-12H2,1H3. The van der Waals surface area contributed by atoms with Gasteiger partial charge in [0, 0.05) is 18.5 Å². The molecule has 5 rings (SSSR count). The average Bonchev–Trinajstić information content (AvgIpc) is 3.40. The molecule has 1 unspecified atom stereocenters. The molecule has 1 atom stereocenters. The Morgan fingerprint density at radius 2 is 2.04 bits per heavy atom. The van der Waals surface area contributed by atoms with Gasteiger partial charge < -0.3 is 28.8 Å². The van der Waals surface area contributed by atoms with Crippen LogP contribution >= 0.6 is 0 Å². The zero-order valence-electron chi connectivity index (χ0n) is 14.9. The van der Waals surface area contributed by atoms with Crippen molar-refractivity contribution in [2.75, 3.05) is 33.6 Å². The molecule has 7 nitrogen and oxygen atoms in total. The molecule has 2 aromatic rings. The first-order valence-corrected chi connectivity index (χ1v) is 9.13. The van der Waals surface area contributed by atoms with Crippen LogP contribution in [0.5, 0.6) is 17.2 Å². The highest BCUT2D eigenvalue weighted by Crippen LogP contribution is 2.44. The Labute approximate surface area is 152 Å². The van der Waals surface area contributed by atoms with Crippen molar-refractivity contribution in [3.8, 4) is 28.6 Å². The molecule has 3 aliphatic heterocycles. The summed E-state index contributed by atoms with van der Waals surface area (Å²) in [6.45, 7) is 3.01. The lowest BCUT2D eigenvalue weighted by atomic mass is 9.88. The molecule has 138 valence electrons. The molecule has 2 fully saturated rings. The SMILES string of the molecule is COc1cc2c(cc1-c1nccn1C1COC3(CCNCC3)C1)OCO2. The Morgan fingerprint density at radius 3 is 2.85 bits per heavy atom. The maximum absolute atomic E-state index is 6.27. The monoisotopic (exact) mass is 357 g/mol. The van der Waals surface area contributed by atoms with Crippen molar-refractivity contribution in [3.63, 3.8) is 0 Å². The number of nitrogens with one attached hydrogen (secondary N) is 1. The molecule has 7 heteroatoms. The lowest BCUT2D eigenvalue weighted by Gasteiger charge is -2.33. The summed E-state index contributed by atoms with van der Waals surface area (Å²) in [7, 11) is 1.66. The van der Waals surface area contributed by atoms with E-state index in [1.165, 1.54) is 0 Å². The maximum atomic E-state index is 6.27. The summed E-state index contributed by atoms with van der Waals surface area (Å²) >= 11 is 0. The van der Waals surface area contributed by atoms with Crippen LogP contribution in [-0.2, 0) is 4.74 Å². The number of piperidine rings is 1. The number of hydrogen-bond acceptors (Lipinski definition) is 6. The predicted octanol–water partition coefficient (Wildman–Crippen LogP) is 2.37. The van der Waals surface area contributed by atoms with E-state index in [4.69, 9.17) is 18.9 Å². The summed E-state index contributed by atoms with van der Waals surface area (Å²) in [4.78, 5) is 4.62. The van der Waals surface area contributed by atoms with E-state index in [0.717, 1.165) is 61.8 Å². The molecule has 1 aromatic carbocycles. The number of aromatic nitrogens is 2. The minimum absolute atomic E-state index is 0.0103. The third-order valence-corrected chi connectivity index (χ3v) is 5.70. The molecule has 0 saturated carbocycles. The Kier molecular flexibility index (Phi) is 3.79. The van der Waals surface area contributed by atoms with E-state index in [1.54, 1.807) is 7.11 Å². The number of rotatable bonds is 3. The second-order valence-electron chi connectivity index (χ2n) is 7.17. The first kappa shape index (κ1) is 16.0. The quantitative estimate of drug-likeness (QED) is 0.910. The van der Waals surface area contributed by atoms with Gasteiger partial charge in [0.25, 0.3) is 0 Å². The van der Waals surface area contributed by atoms with Crippen molar-refractivity contribution in [2.45, 2.75) is 30.9 Å². The summed E-state index contributed by atoms with van der Waals surface area (Å²) in [6.07, 6.45) is 7.03.